The van der Waals surface area contributed by atoms with Gasteiger partial charge < -0.3 is 9.64 Å². The summed E-state index contributed by atoms with van der Waals surface area (Å²) in [7, 11) is 1.73. The minimum absolute atomic E-state index is 0.949. The van der Waals surface area contributed by atoms with Crippen molar-refractivity contribution in [3.8, 4) is 5.75 Å². The molecule has 0 N–H and O–H groups in total. The molecule has 0 saturated heterocycles. The van der Waals surface area contributed by atoms with Gasteiger partial charge in [-0.25, -0.2) is 0 Å². The van der Waals surface area contributed by atoms with E-state index in [0.717, 1.165) is 36.2 Å². The molecule has 0 unspecified atom stereocenters. The Morgan fingerprint density at radius 1 is 1.19 bits per heavy atom. The molecule has 90 valence electrons. The molecule has 0 radical (unpaired) electrons. The van der Waals surface area contributed by atoms with Crippen LogP contribution in [0.1, 0.15) is 26.7 Å². The number of hydrogen-bond donors (Lipinski definition) is 0. The fourth-order valence-electron chi connectivity index (χ4n) is 1.80. The zero-order valence-electron chi connectivity index (χ0n) is 10.3. The van der Waals surface area contributed by atoms with Crippen LogP contribution >= 0.6 is 15.9 Å². The summed E-state index contributed by atoms with van der Waals surface area (Å²) >= 11 is 3.51. The van der Waals surface area contributed by atoms with Gasteiger partial charge in [-0.05, 0) is 31.0 Å². The Hall–Kier alpha value is -0.700. The Morgan fingerprint density at radius 3 is 2.31 bits per heavy atom. The van der Waals surface area contributed by atoms with Crippen LogP contribution in [0.3, 0.4) is 0 Å². The summed E-state index contributed by atoms with van der Waals surface area (Å²) in [5.74, 6) is 0.949. The van der Waals surface area contributed by atoms with Crippen molar-refractivity contribution in [2.45, 2.75) is 26.7 Å². The molecule has 0 heterocycles. The molecule has 0 fully saturated rings. The van der Waals surface area contributed by atoms with Gasteiger partial charge in [-0.3, -0.25) is 0 Å². The van der Waals surface area contributed by atoms with E-state index < -0.39 is 0 Å². The van der Waals surface area contributed by atoms with E-state index in [0.29, 0.717) is 0 Å². The van der Waals surface area contributed by atoms with Crippen LogP contribution in [0.25, 0.3) is 0 Å². The van der Waals surface area contributed by atoms with E-state index in [2.05, 4.69) is 40.7 Å². The molecule has 0 bridgehead atoms. The van der Waals surface area contributed by atoms with Crippen molar-refractivity contribution < 1.29 is 4.74 Å². The van der Waals surface area contributed by atoms with Crippen molar-refractivity contribution in [1.29, 1.82) is 0 Å². The molecule has 0 saturated carbocycles. The van der Waals surface area contributed by atoms with Crippen LogP contribution in [0.15, 0.2) is 22.7 Å². The molecule has 0 aromatic heterocycles. The molecule has 0 atom stereocenters. The lowest BCUT2D eigenvalue weighted by Gasteiger charge is -2.25. The Labute approximate surface area is 107 Å². The lowest BCUT2D eigenvalue weighted by atomic mass is 10.2. The maximum Gasteiger partial charge on any atom is 0.142 e. The average Bonchev–Trinajstić information content (AvgIpc) is 2.29. The predicted octanol–water partition coefficient (Wildman–Crippen LogP) is 4.08. The first-order valence-corrected chi connectivity index (χ1v) is 6.60. The summed E-state index contributed by atoms with van der Waals surface area (Å²) in [5, 5.41) is 0. The van der Waals surface area contributed by atoms with Gasteiger partial charge in [0.25, 0.3) is 0 Å². The molecule has 1 aromatic rings. The molecule has 3 heteroatoms. The van der Waals surface area contributed by atoms with E-state index in [-0.39, 0.29) is 0 Å². The van der Waals surface area contributed by atoms with Crippen molar-refractivity contribution >= 4 is 21.6 Å². The summed E-state index contributed by atoms with van der Waals surface area (Å²) in [6.45, 7) is 6.54. The number of ether oxygens (including phenoxy) is 1. The third-order valence-electron chi connectivity index (χ3n) is 2.47. The molecule has 1 aromatic carbocycles. The Kier molecular flexibility index (Phi) is 5.67. The highest BCUT2D eigenvalue weighted by molar-refractivity contribution is 9.10. The largest absolute Gasteiger partial charge is 0.495 e. The fraction of sp³-hybridized carbons (Fsp3) is 0.538. The van der Waals surface area contributed by atoms with Gasteiger partial charge in [0.15, 0.2) is 0 Å². The van der Waals surface area contributed by atoms with Crippen molar-refractivity contribution in [3.63, 3.8) is 0 Å². The molecular formula is C13H20BrNO. The van der Waals surface area contributed by atoms with Gasteiger partial charge in [0, 0.05) is 17.6 Å². The van der Waals surface area contributed by atoms with Crippen molar-refractivity contribution in [2.75, 3.05) is 25.1 Å². The fourth-order valence-corrected chi connectivity index (χ4v) is 2.15. The Bertz CT molecular complexity index is 322. The molecular weight excluding hydrogens is 266 g/mol. The van der Waals surface area contributed by atoms with Gasteiger partial charge in [0.05, 0.1) is 12.8 Å². The van der Waals surface area contributed by atoms with Crippen LogP contribution in [0.5, 0.6) is 5.75 Å². The Morgan fingerprint density at radius 2 is 1.81 bits per heavy atom. The van der Waals surface area contributed by atoms with Gasteiger partial charge in [-0.15, -0.1) is 0 Å². The van der Waals surface area contributed by atoms with Crippen molar-refractivity contribution in [3.05, 3.63) is 22.7 Å². The summed E-state index contributed by atoms with van der Waals surface area (Å²) in [4.78, 5) is 2.38. The highest BCUT2D eigenvalue weighted by atomic mass is 79.9. The average molecular weight is 286 g/mol. The van der Waals surface area contributed by atoms with E-state index in [1.165, 1.54) is 5.69 Å². The minimum atomic E-state index is 0.949. The van der Waals surface area contributed by atoms with Crippen molar-refractivity contribution in [1.82, 2.24) is 0 Å². The molecule has 0 aliphatic rings. The van der Waals surface area contributed by atoms with E-state index in [1.807, 2.05) is 12.1 Å². The van der Waals surface area contributed by atoms with E-state index in [1.54, 1.807) is 7.11 Å². The summed E-state index contributed by atoms with van der Waals surface area (Å²) in [6, 6.07) is 6.15. The van der Waals surface area contributed by atoms with Crippen LogP contribution in [-0.2, 0) is 0 Å². The van der Waals surface area contributed by atoms with Crippen LogP contribution in [0.2, 0.25) is 0 Å². The molecule has 0 spiro atoms. The van der Waals surface area contributed by atoms with E-state index in [4.69, 9.17) is 4.74 Å². The molecule has 16 heavy (non-hydrogen) atoms. The topological polar surface area (TPSA) is 12.5 Å². The van der Waals surface area contributed by atoms with Crippen LogP contribution < -0.4 is 9.64 Å². The molecule has 0 amide bonds. The van der Waals surface area contributed by atoms with Gasteiger partial charge in [-0.1, -0.05) is 29.8 Å². The van der Waals surface area contributed by atoms with E-state index in [9.17, 15) is 0 Å². The molecule has 2 nitrogen and oxygen atoms in total. The number of methoxy groups -OCH3 is 1. The number of hydrogen-bond acceptors (Lipinski definition) is 2. The lowest BCUT2D eigenvalue weighted by Crippen LogP contribution is -2.25. The summed E-state index contributed by atoms with van der Waals surface area (Å²) in [6.07, 6.45) is 2.30. The highest BCUT2D eigenvalue weighted by Crippen LogP contribution is 2.31. The van der Waals surface area contributed by atoms with Crippen LogP contribution in [0, 0.1) is 0 Å². The zero-order valence-corrected chi connectivity index (χ0v) is 11.9. The molecule has 0 aliphatic heterocycles. The second-order valence-electron chi connectivity index (χ2n) is 3.80. The zero-order chi connectivity index (χ0) is 12.0. The maximum absolute atomic E-state index is 5.41. The van der Waals surface area contributed by atoms with Crippen LogP contribution in [0.4, 0.5) is 5.69 Å². The number of halogens is 1. The third-order valence-corrected chi connectivity index (χ3v) is 2.96. The molecule has 0 aliphatic carbocycles. The van der Waals surface area contributed by atoms with Gasteiger partial charge in [-0.2, -0.15) is 0 Å². The number of anilines is 1. The standard InChI is InChI=1S/C13H20BrNO/c1-4-8-15(9-5-2)12-10-11(14)6-7-13(12)16-3/h6-7,10H,4-5,8-9H2,1-3H3. The first-order chi connectivity index (χ1) is 7.72. The monoisotopic (exact) mass is 285 g/mol. The summed E-state index contributed by atoms with van der Waals surface area (Å²) < 4.78 is 6.51. The van der Waals surface area contributed by atoms with Crippen molar-refractivity contribution in [2.24, 2.45) is 0 Å². The smallest absolute Gasteiger partial charge is 0.142 e. The highest BCUT2D eigenvalue weighted by Gasteiger charge is 2.10. The minimum Gasteiger partial charge on any atom is -0.495 e. The lowest BCUT2D eigenvalue weighted by molar-refractivity contribution is 0.414. The number of benzene rings is 1. The third kappa shape index (κ3) is 3.41. The first-order valence-electron chi connectivity index (χ1n) is 5.81. The Balaban J connectivity index is 3.00. The first kappa shape index (κ1) is 13.4. The maximum atomic E-state index is 5.41. The normalized spacial score (nSPS) is 10.2. The predicted molar refractivity (Wildman–Crippen MR) is 73.5 cm³/mol. The van der Waals surface area contributed by atoms with Gasteiger partial charge in [0.2, 0.25) is 0 Å². The SMILES string of the molecule is CCCN(CCC)c1cc(Br)ccc1OC. The quantitative estimate of drug-likeness (QED) is 0.781. The second kappa shape index (κ2) is 6.79. The number of nitrogens with zero attached hydrogens (tertiary/aromatic N) is 1. The number of rotatable bonds is 6. The summed E-state index contributed by atoms with van der Waals surface area (Å²) in [5.41, 5.74) is 1.18. The van der Waals surface area contributed by atoms with Crippen LogP contribution in [-0.4, -0.2) is 20.2 Å². The second-order valence-corrected chi connectivity index (χ2v) is 4.72. The van der Waals surface area contributed by atoms with Gasteiger partial charge in [0.1, 0.15) is 5.75 Å². The van der Waals surface area contributed by atoms with E-state index >= 15 is 0 Å². The van der Waals surface area contributed by atoms with Gasteiger partial charge >= 0.3 is 0 Å². The molecule has 1 rings (SSSR count).